The summed E-state index contributed by atoms with van der Waals surface area (Å²) in [5.41, 5.74) is 2.13. The second-order valence-corrected chi connectivity index (χ2v) is 6.05. The highest BCUT2D eigenvalue weighted by molar-refractivity contribution is 6.30. The van der Waals surface area contributed by atoms with Gasteiger partial charge in [-0.25, -0.2) is 0 Å². The van der Waals surface area contributed by atoms with E-state index >= 15 is 0 Å². The van der Waals surface area contributed by atoms with Gasteiger partial charge in [-0.05, 0) is 35.4 Å². The molecule has 1 heterocycles. The van der Waals surface area contributed by atoms with Crippen LogP contribution >= 0.6 is 11.6 Å². The number of alkyl halides is 3. The van der Waals surface area contributed by atoms with Crippen molar-refractivity contribution in [3.63, 3.8) is 0 Å². The van der Waals surface area contributed by atoms with Crippen molar-refractivity contribution in [3.8, 4) is 11.5 Å². The van der Waals surface area contributed by atoms with E-state index in [2.05, 4.69) is 14.9 Å². The average Bonchev–Trinajstić information content (AvgIpc) is 3.02. The molecule has 0 aliphatic heterocycles. The van der Waals surface area contributed by atoms with Crippen LogP contribution in [0.15, 0.2) is 52.9 Å². The first-order valence-electron chi connectivity index (χ1n) is 7.70. The topological polar surface area (TPSA) is 48.2 Å². The molecule has 0 fully saturated rings. The molecular weight excluding hydrogens is 369 g/mol. The molecule has 0 radical (unpaired) electrons. The summed E-state index contributed by atoms with van der Waals surface area (Å²) in [6, 6.07) is 14.1. The van der Waals surface area contributed by atoms with E-state index in [9.17, 15) is 13.2 Å². The summed E-state index contributed by atoms with van der Waals surface area (Å²) in [7, 11) is 0. The highest BCUT2D eigenvalue weighted by Crippen LogP contribution is 2.22. The van der Waals surface area contributed by atoms with Crippen molar-refractivity contribution in [2.24, 2.45) is 0 Å². The fourth-order valence-corrected chi connectivity index (χ4v) is 2.55. The Balaban J connectivity index is 1.68. The van der Waals surface area contributed by atoms with Gasteiger partial charge in [-0.1, -0.05) is 35.9 Å². The molecule has 0 aliphatic rings. The Morgan fingerprint density at radius 2 is 1.77 bits per heavy atom. The van der Waals surface area contributed by atoms with Crippen molar-refractivity contribution in [3.05, 3.63) is 70.6 Å². The van der Waals surface area contributed by atoms with Gasteiger partial charge in [-0.3, -0.25) is 0 Å². The van der Waals surface area contributed by atoms with Crippen molar-refractivity contribution in [1.29, 1.82) is 0 Å². The van der Waals surface area contributed by atoms with Gasteiger partial charge in [0.1, 0.15) is 6.61 Å². The van der Waals surface area contributed by atoms with E-state index < -0.39 is 12.8 Å². The molecule has 0 atom stereocenters. The predicted octanol–water partition coefficient (Wildman–Crippen LogP) is 5.06. The maximum absolute atomic E-state index is 12.1. The third-order valence-corrected chi connectivity index (χ3v) is 3.65. The van der Waals surface area contributed by atoms with Gasteiger partial charge in [-0.15, -0.1) is 10.2 Å². The van der Waals surface area contributed by atoms with Gasteiger partial charge in [0.2, 0.25) is 11.8 Å². The zero-order valence-corrected chi connectivity index (χ0v) is 14.2. The number of rotatable bonds is 6. The van der Waals surface area contributed by atoms with E-state index in [-0.39, 0.29) is 6.61 Å². The zero-order chi connectivity index (χ0) is 18.6. The molecule has 4 nitrogen and oxygen atoms in total. The summed E-state index contributed by atoms with van der Waals surface area (Å²) in [5.74, 6) is 0.709. The lowest BCUT2D eigenvalue weighted by Crippen LogP contribution is -2.16. The Bertz CT molecular complexity index is 881. The summed E-state index contributed by atoms with van der Waals surface area (Å²) >= 11 is 5.95. The van der Waals surface area contributed by atoms with Crippen LogP contribution in [0.2, 0.25) is 5.02 Å². The Morgan fingerprint density at radius 3 is 2.54 bits per heavy atom. The third-order valence-electron chi connectivity index (χ3n) is 3.42. The Morgan fingerprint density at radius 1 is 1.00 bits per heavy atom. The summed E-state index contributed by atoms with van der Waals surface area (Å²) in [6.07, 6.45) is -3.92. The zero-order valence-electron chi connectivity index (χ0n) is 13.5. The van der Waals surface area contributed by atoms with Crippen molar-refractivity contribution < 1.29 is 22.3 Å². The predicted molar refractivity (Wildman–Crippen MR) is 89.7 cm³/mol. The summed E-state index contributed by atoms with van der Waals surface area (Å²) in [4.78, 5) is 0. The van der Waals surface area contributed by atoms with Gasteiger partial charge >= 0.3 is 6.18 Å². The van der Waals surface area contributed by atoms with Gasteiger partial charge < -0.3 is 9.15 Å². The minimum atomic E-state index is -4.35. The summed E-state index contributed by atoms with van der Waals surface area (Å²) in [5, 5.41) is 8.62. The van der Waals surface area contributed by atoms with Crippen LogP contribution in [0, 0.1) is 0 Å². The molecular formula is C18H14ClF3N2O2. The third kappa shape index (κ3) is 5.31. The van der Waals surface area contributed by atoms with Gasteiger partial charge in [0.15, 0.2) is 0 Å². The van der Waals surface area contributed by atoms with Crippen molar-refractivity contribution in [2.75, 3.05) is 6.61 Å². The van der Waals surface area contributed by atoms with Crippen molar-refractivity contribution >= 4 is 11.6 Å². The first-order valence-corrected chi connectivity index (χ1v) is 8.07. The number of benzene rings is 2. The largest absolute Gasteiger partial charge is 0.420 e. The summed E-state index contributed by atoms with van der Waals surface area (Å²) in [6.45, 7) is -1.45. The van der Waals surface area contributed by atoms with E-state index in [1.165, 1.54) is 0 Å². The molecule has 0 N–H and O–H groups in total. The van der Waals surface area contributed by atoms with Gasteiger partial charge in [0.25, 0.3) is 0 Å². The molecule has 2 aromatic carbocycles. The van der Waals surface area contributed by atoms with Crippen molar-refractivity contribution in [1.82, 2.24) is 10.2 Å². The molecule has 1 aromatic heterocycles. The highest BCUT2D eigenvalue weighted by atomic mass is 35.5. The summed E-state index contributed by atoms with van der Waals surface area (Å²) < 4.78 is 46.7. The van der Waals surface area contributed by atoms with E-state index in [1.807, 2.05) is 18.2 Å². The molecule has 0 saturated carbocycles. The maximum Gasteiger partial charge on any atom is 0.411 e. The Hall–Kier alpha value is -2.38. The second kappa shape index (κ2) is 7.88. The van der Waals surface area contributed by atoms with E-state index in [4.69, 9.17) is 16.0 Å². The van der Waals surface area contributed by atoms with E-state index in [0.29, 0.717) is 34.4 Å². The number of halogens is 4. The quantitative estimate of drug-likeness (QED) is 0.598. The molecule has 0 amide bonds. The lowest BCUT2D eigenvalue weighted by molar-refractivity contribution is -0.176. The Kier molecular flexibility index (Phi) is 5.58. The SMILES string of the molecule is FC(F)(F)COCc1cccc(-c2nnc(Cc3cccc(Cl)c3)o2)c1. The first-order chi connectivity index (χ1) is 12.4. The average molecular weight is 383 g/mol. The molecule has 0 bridgehead atoms. The van der Waals surface area contributed by atoms with E-state index in [0.717, 1.165) is 5.56 Å². The molecule has 0 aliphatic carbocycles. The fraction of sp³-hybridized carbons (Fsp3) is 0.222. The van der Waals surface area contributed by atoms with Crippen LogP contribution in [0.25, 0.3) is 11.5 Å². The standard InChI is InChI=1S/C18H14ClF3N2O2/c19-15-6-2-3-12(8-15)9-16-23-24-17(26-16)14-5-1-4-13(7-14)10-25-11-18(20,21)22/h1-8H,9-11H2. The lowest BCUT2D eigenvalue weighted by Gasteiger charge is -2.08. The molecule has 136 valence electrons. The van der Waals surface area contributed by atoms with Crippen LogP contribution in [0.5, 0.6) is 0 Å². The van der Waals surface area contributed by atoms with Gasteiger partial charge in [0, 0.05) is 10.6 Å². The number of nitrogens with zero attached hydrogens (tertiary/aromatic N) is 2. The lowest BCUT2D eigenvalue weighted by atomic mass is 10.1. The Labute approximate surface area is 152 Å². The molecule has 0 spiro atoms. The fourth-order valence-electron chi connectivity index (χ4n) is 2.34. The molecule has 8 heteroatoms. The van der Waals surface area contributed by atoms with Crippen molar-refractivity contribution in [2.45, 2.75) is 19.2 Å². The second-order valence-electron chi connectivity index (χ2n) is 5.62. The number of hydrogen-bond donors (Lipinski definition) is 0. The molecule has 3 aromatic rings. The number of aromatic nitrogens is 2. The number of ether oxygens (including phenoxy) is 1. The minimum Gasteiger partial charge on any atom is -0.420 e. The normalized spacial score (nSPS) is 11.7. The van der Waals surface area contributed by atoms with Crippen LogP contribution < -0.4 is 0 Å². The molecule has 26 heavy (non-hydrogen) atoms. The van der Waals surface area contributed by atoms with Gasteiger partial charge in [0.05, 0.1) is 13.0 Å². The number of hydrogen-bond acceptors (Lipinski definition) is 4. The monoisotopic (exact) mass is 382 g/mol. The molecule has 0 unspecified atom stereocenters. The first kappa shape index (κ1) is 18.4. The minimum absolute atomic E-state index is 0.156. The van der Waals surface area contributed by atoms with Gasteiger partial charge in [-0.2, -0.15) is 13.2 Å². The van der Waals surface area contributed by atoms with Crippen LogP contribution in [0.4, 0.5) is 13.2 Å². The van der Waals surface area contributed by atoms with Crippen LogP contribution in [-0.4, -0.2) is 23.0 Å². The maximum atomic E-state index is 12.1. The molecule has 0 saturated heterocycles. The smallest absolute Gasteiger partial charge is 0.411 e. The highest BCUT2D eigenvalue weighted by Gasteiger charge is 2.27. The van der Waals surface area contributed by atoms with E-state index in [1.54, 1.807) is 30.3 Å². The van der Waals surface area contributed by atoms with Crippen LogP contribution in [0.3, 0.4) is 0 Å². The molecule has 3 rings (SSSR count). The van der Waals surface area contributed by atoms with Crippen LogP contribution in [0.1, 0.15) is 17.0 Å². The van der Waals surface area contributed by atoms with Crippen LogP contribution in [-0.2, 0) is 17.8 Å².